The van der Waals surface area contributed by atoms with Gasteiger partial charge in [0.1, 0.15) is 0 Å². The molecule has 8 aromatic carbocycles. The van der Waals surface area contributed by atoms with Crippen LogP contribution in [0, 0.1) is 0 Å². The highest BCUT2D eigenvalue weighted by molar-refractivity contribution is 7.25. The maximum Gasteiger partial charge on any atom is 0.0619 e. The molecule has 0 amide bonds. The fraction of sp³-hybridized carbons (Fsp3) is 0.0370. The predicted octanol–water partition coefficient (Wildman–Crippen LogP) is 14.8. The van der Waals surface area contributed by atoms with E-state index in [0.717, 1.165) is 18.5 Å². The third-order valence-electron chi connectivity index (χ3n) is 12.5. The molecule has 1 aliphatic rings. The van der Waals surface area contributed by atoms with Gasteiger partial charge in [-0.15, -0.1) is 11.3 Å². The molecular weight excluding hydrogens is 723 g/mol. The van der Waals surface area contributed by atoms with Crippen molar-refractivity contribution in [2.45, 2.75) is 12.8 Å². The molecule has 0 aliphatic heterocycles. The van der Waals surface area contributed by atoms with Crippen LogP contribution in [0.2, 0.25) is 0 Å². The van der Waals surface area contributed by atoms with Crippen molar-refractivity contribution in [3.8, 4) is 28.2 Å². The lowest BCUT2D eigenvalue weighted by Crippen LogP contribution is -2.00. The van der Waals surface area contributed by atoms with E-state index in [1.54, 1.807) is 0 Å². The van der Waals surface area contributed by atoms with Crippen LogP contribution < -0.4 is 0 Å². The highest BCUT2D eigenvalue weighted by Crippen LogP contribution is 2.43. The molecule has 12 aromatic rings. The van der Waals surface area contributed by atoms with Crippen LogP contribution in [0.25, 0.3) is 109 Å². The molecule has 0 unspecified atom stereocenters. The molecule has 0 bridgehead atoms. The fourth-order valence-corrected chi connectivity index (χ4v) is 11.1. The van der Waals surface area contributed by atoms with Crippen molar-refractivity contribution < 1.29 is 0 Å². The van der Waals surface area contributed by atoms with E-state index >= 15 is 0 Å². The van der Waals surface area contributed by atoms with Crippen molar-refractivity contribution in [3.63, 3.8) is 0 Å². The molecule has 3 nitrogen and oxygen atoms in total. The highest BCUT2D eigenvalue weighted by atomic mass is 32.1. The Kier molecular flexibility index (Phi) is 6.72. The maximum absolute atomic E-state index is 2.50. The lowest BCUT2D eigenvalue weighted by molar-refractivity contribution is 0.968. The summed E-state index contributed by atoms with van der Waals surface area (Å²) >= 11 is 1.88. The average Bonchev–Trinajstić information content (AvgIpc) is 4.02. The van der Waals surface area contributed by atoms with Crippen molar-refractivity contribution in [1.29, 1.82) is 0 Å². The molecule has 0 radical (unpaired) electrons. The van der Waals surface area contributed by atoms with Gasteiger partial charge >= 0.3 is 0 Å². The Labute approximate surface area is 338 Å². The van der Waals surface area contributed by atoms with E-state index in [1.165, 1.54) is 108 Å². The van der Waals surface area contributed by atoms with Crippen LogP contribution in [0.1, 0.15) is 17.7 Å². The van der Waals surface area contributed by atoms with Gasteiger partial charge in [-0.05, 0) is 103 Å². The highest BCUT2D eigenvalue weighted by Gasteiger charge is 2.21. The first kappa shape index (κ1) is 32.0. The summed E-state index contributed by atoms with van der Waals surface area (Å²) in [6.07, 6.45) is 6.82. The van der Waals surface area contributed by atoms with Gasteiger partial charge in [0.2, 0.25) is 0 Å². The molecule has 0 atom stereocenters. The van der Waals surface area contributed by atoms with E-state index in [4.69, 9.17) is 0 Å². The molecule has 0 N–H and O–H groups in total. The van der Waals surface area contributed by atoms with E-state index in [1.807, 2.05) is 11.3 Å². The average molecular weight is 758 g/mol. The Morgan fingerprint density at radius 3 is 1.62 bits per heavy atom. The van der Waals surface area contributed by atoms with Crippen LogP contribution in [0.4, 0.5) is 0 Å². The SMILES string of the molecule is C1=Cc2c(c3ccccc3n2-c2ccc3sc4ccc(-n5c6ccccc6c6cccc(-c7cccc(-n8c9ccccc9c9ccccc98)c7)c65)cc4c3c2)CC1. The summed E-state index contributed by atoms with van der Waals surface area (Å²) in [6, 6.07) is 65.3. The minimum Gasteiger partial charge on any atom is -0.310 e. The van der Waals surface area contributed by atoms with Crippen LogP contribution in [-0.4, -0.2) is 13.7 Å². The maximum atomic E-state index is 2.50. The predicted molar refractivity (Wildman–Crippen MR) is 248 cm³/mol. The number of hydrogen-bond donors (Lipinski definition) is 0. The second-order valence-electron chi connectivity index (χ2n) is 15.6. The monoisotopic (exact) mass is 757 g/mol. The molecule has 13 rings (SSSR count). The zero-order valence-corrected chi connectivity index (χ0v) is 32.4. The second-order valence-corrected chi connectivity index (χ2v) is 16.7. The number of aromatic nitrogens is 3. The summed E-state index contributed by atoms with van der Waals surface area (Å²) in [5.41, 5.74) is 14.9. The Bertz CT molecular complexity index is 3640. The van der Waals surface area contributed by atoms with E-state index in [9.17, 15) is 0 Å². The first-order chi connectivity index (χ1) is 28.8. The number of allylic oxidation sites excluding steroid dienone is 1. The van der Waals surface area contributed by atoms with Gasteiger partial charge in [0.05, 0.1) is 27.6 Å². The van der Waals surface area contributed by atoms with Gasteiger partial charge in [-0.25, -0.2) is 0 Å². The Hall–Kier alpha value is -7.14. The van der Waals surface area contributed by atoms with Gasteiger partial charge in [0.25, 0.3) is 0 Å². The number of nitrogens with zero attached hydrogens (tertiary/aromatic N) is 3. The van der Waals surface area contributed by atoms with E-state index in [-0.39, 0.29) is 0 Å². The van der Waals surface area contributed by atoms with E-state index < -0.39 is 0 Å². The van der Waals surface area contributed by atoms with Crippen molar-refractivity contribution in [2.75, 3.05) is 0 Å². The standard InChI is InChI=1S/C54H35N3S/c1-6-22-47-39(15-1)40-16-2-7-23-48(40)55(47)35-14-11-13-34(31-35)38-20-12-21-44-43-19-5-10-26-51(43)57(54(38)44)37-28-30-53-46(33-37)45-32-36(27-29-52(45)58-53)56-49-24-8-3-17-41(49)42-18-4-9-25-50(42)56/h1-3,5-17,19-33H,4,18H2. The molecular formula is C54H35N3S. The summed E-state index contributed by atoms with van der Waals surface area (Å²) in [4.78, 5) is 0. The van der Waals surface area contributed by atoms with Crippen LogP contribution >= 0.6 is 11.3 Å². The largest absolute Gasteiger partial charge is 0.310 e. The van der Waals surface area contributed by atoms with Gasteiger partial charge in [0.15, 0.2) is 0 Å². The van der Waals surface area contributed by atoms with Crippen LogP contribution in [0.3, 0.4) is 0 Å². The summed E-state index contributed by atoms with van der Waals surface area (Å²) in [7, 11) is 0. The first-order valence-electron chi connectivity index (χ1n) is 20.2. The van der Waals surface area contributed by atoms with Crippen LogP contribution in [-0.2, 0) is 6.42 Å². The molecule has 4 heteroatoms. The summed E-state index contributed by atoms with van der Waals surface area (Å²) in [5, 5.41) is 9.00. The van der Waals surface area contributed by atoms with Crippen LogP contribution in [0.15, 0.2) is 182 Å². The Balaban J connectivity index is 1.03. The Morgan fingerprint density at radius 1 is 0.397 bits per heavy atom. The van der Waals surface area contributed by atoms with Crippen molar-refractivity contribution >= 4 is 92.1 Å². The lowest BCUT2D eigenvalue weighted by atomic mass is 10.0. The molecule has 0 fully saturated rings. The van der Waals surface area contributed by atoms with Crippen molar-refractivity contribution in [2.24, 2.45) is 0 Å². The summed E-state index contributed by atoms with van der Waals surface area (Å²) in [6.45, 7) is 0. The molecule has 1 aliphatic carbocycles. The number of fused-ring (bicyclic) bond motifs is 12. The van der Waals surface area contributed by atoms with E-state index in [2.05, 4.69) is 202 Å². The molecule has 58 heavy (non-hydrogen) atoms. The normalized spacial score (nSPS) is 13.0. The van der Waals surface area contributed by atoms with Gasteiger partial charge in [-0.2, -0.15) is 0 Å². The van der Waals surface area contributed by atoms with Gasteiger partial charge in [0, 0.05) is 75.4 Å². The number of benzene rings is 8. The van der Waals surface area contributed by atoms with Crippen LogP contribution in [0.5, 0.6) is 0 Å². The third kappa shape index (κ3) is 4.49. The quantitative estimate of drug-likeness (QED) is 0.170. The van der Waals surface area contributed by atoms with Gasteiger partial charge < -0.3 is 13.7 Å². The van der Waals surface area contributed by atoms with E-state index in [0.29, 0.717) is 0 Å². The number of aryl methyl sites for hydroxylation is 1. The number of hydrogen-bond acceptors (Lipinski definition) is 1. The zero-order chi connectivity index (χ0) is 37.9. The molecule has 4 heterocycles. The first-order valence-corrected chi connectivity index (χ1v) is 21.0. The smallest absolute Gasteiger partial charge is 0.0619 e. The molecule has 272 valence electrons. The molecule has 0 saturated carbocycles. The second kappa shape index (κ2) is 12.2. The minimum absolute atomic E-state index is 1.08. The molecule has 0 spiro atoms. The molecule has 0 saturated heterocycles. The number of thiophene rings is 1. The fourth-order valence-electron chi connectivity index (χ4n) is 10.0. The molecule has 4 aromatic heterocycles. The Morgan fingerprint density at radius 2 is 0.931 bits per heavy atom. The topological polar surface area (TPSA) is 14.8 Å². The van der Waals surface area contributed by atoms with Crippen molar-refractivity contribution in [3.05, 3.63) is 193 Å². The summed E-state index contributed by atoms with van der Waals surface area (Å²) < 4.78 is 9.99. The zero-order valence-electron chi connectivity index (χ0n) is 31.6. The van der Waals surface area contributed by atoms with Crippen molar-refractivity contribution in [1.82, 2.24) is 13.7 Å². The number of para-hydroxylation sites is 5. The number of rotatable bonds is 4. The summed E-state index contributed by atoms with van der Waals surface area (Å²) in [5.74, 6) is 0. The van der Waals surface area contributed by atoms with Gasteiger partial charge in [-0.1, -0.05) is 109 Å². The van der Waals surface area contributed by atoms with Gasteiger partial charge in [-0.3, -0.25) is 0 Å². The third-order valence-corrected chi connectivity index (χ3v) is 13.7. The minimum atomic E-state index is 1.08. The lowest BCUT2D eigenvalue weighted by Gasteiger charge is -2.14.